The molecule has 116 valence electrons. The fourth-order valence-electron chi connectivity index (χ4n) is 2.38. The minimum Gasteiger partial charge on any atom is -0.491 e. The van der Waals surface area contributed by atoms with Crippen LogP contribution in [0.25, 0.3) is 0 Å². The molecule has 0 spiro atoms. The average molecular weight is 292 g/mol. The van der Waals surface area contributed by atoms with Gasteiger partial charge < -0.3 is 20.1 Å². The Bertz CT molecular complexity index is 459. The van der Waals surface area contributed by atoms with Crippen LogP contribution in [0.15, 0.2) is 24.3 Å². The highest BCUT2D eigenvalue weighted by Gasteiger charge is 2.17. The summed E-state index contributed by atoms with van der Waals surface area (Å²) in [5.74, 6) is 0.862. The number of hydrogen-bond acceptors (Lipinski definition) is 4. The van der Waals surface area contributed by atoms with Crippen molar-refractivity contribution in [3.8, 4) is 5.75 Å². The summed E-state index contributed by atoms with van der Waals surface area (Å²) in [6, 6.07) is 7.71. The number of ether oxygens (including phenoxy) is 1. The van der Waals surface area contributed by atoms with Gasteiger partial charge in [0.1, 0.15) is 18.5 Å². The second kappa shape index (κ2) is 8.00. The monoisotopic (exact) mass is 292 g/mol. The number of nitrogens with one attached hydrogen (secondary N) is 1. The zero-order chi connectivity index (χ0) is 15.1. The molecule has 0 aliphatic carbocycles. The molecule has 1 fully saturated rings. The Balaban J connectivity index is 1.61. The molecule has 0 aromatic heterocycles. The SMILES string of the molecule is Cc1cccc(OCC(O)CNCC(=O)N2CCCC2)c1. The Morgan fingerprint density at radius 2 is 2.19 bits per heavy atom. The Labute approximate surface area is 125 Å². The number of nitrogens with zero attached hydrogens (tertiary/aromatic N) is 1. The van der Waals surface area contributed by atoms with Gasteiger partial charge in [0.15, 0.2) is 0 Å². The van der Waals surface area contributed by atoms with Crippen molar-refractivity contribution in [3.63, 3.8) is 0 Å². The molecule has 5 heteroatoms. The molecule has 1 unspecified atom stereocenters. The largest absolute Gasteiger partial charge is 0.491 e. The summed E-state index contributed by atoms with van der Waals surface area (Å²) in [7, 11) is 0. The molecule has 0 bridgehead atoms. The van der Waals surface area contributed by atoms with Crippen molar-refractivity contribution in [1.82, 2.24) is 10.2 Å². The van der Waals surface area contributed by atoms with Crippen molar-refractivity contribution in [2.45, 2.75) is 25.9 Å². The Kier molecular flexibility index (Phi) is 6.02. The van der Waals surface area contributed by atoms with Crippen LogP contribution in [0, 0.1) is 6.92 Å². The predicted molar refractivity (Wildman–Crippen MR) is 81.4 cm³/mol. The van der Waals surface area contributed by atoms with E-state index in [2.05, 4.69) is 5.32 Å². The number of carbonyl (C=O) groups excluding carboxylic acids is 1. The second-order valence-corrected chi connectivity index (χ2v) is 5.50. The highest BCUT2D eigenvalue weighted by Crippen LogP contribution is 2.12. The maximum absolute atomic E-state index is 11.8. The first-order valence-corrected chi connectivity index (χ1v) is 7.51. The maximum Gasteiger partial charge on any atom is 0.236 e. The third-order valence-electron chi connectivity index (χ3n) is 3.55. The maximum atomic E-state index is 11.8. The molecule has 0 saturated carbocycles. The summed E-state index contributed by atoms with van der Waals surface area (Å²) < 4.78 is 5.52. The summed E-state index contributed by atoms with van der Waals surface area (Å²) in [5, 5.41) is 12.8. The highest BCUT2D eigenvalue weighted by atomic mass is 16.5. The zero-order valence-electron chi connectivity index (χ0n) is 12.5. The van der Waals surface area contributed by atoms with Crippen LogP contribution in [-0.2, 0) is 4.79 Å². The number of rotatable bonds is 7. The van der Waals surface area contributed by atoms with Crippen molar-refractivity contribution in [2.75, 3.05) is 32.8 Å². The van der Waals surface area contributed by atoms with Gasteiger partial charge >= 0.3 is 0 Å². The summed E-state index contributed by atoms with van der Waals surface area (Å²) in [5.41, 5.74) is 1.12. The Hall–Kier alpha value is -1.59. The van der Waals surface area contributed by atoms with E-state index in [1.165, 1.54) is 0 Å². The van der Waals surface area contributed by atoms with Crippen LogP contribution in [-0.4, -0.2) is 54.8 Å². The van der Waals surface area contributed by atoms with Gasteiger partial charge in [0, 0.05) is 19.6 Å². The molecule has 1 amide bonds. The quantitative estimate of drug-likeness (QED) is 0.785. The molecule has 1 saturated heterocycles. The van der Waals surface area contributed by atoms with E-state index in [9.17, 15) is 9.90 Å². The number of amides is 1. The molecule has 1 aliphatic rings. The standard InChI is InChI=1S/C16H24N2O3/c1-13-5-4-6-15(9-13)21-12-14(19)10-17-11-16(20)18-7-2-3-8-18/h4-6,9,14,17,19H,2-3,7-8,10-12H2,1H3. The van der Waals surface area contributed by atoms with Gasteiger partial charge in [-0.05, 0) is 37.5 Å². The van der Waals surface area contributed by atoms with E-state index < -0.39 is 6.10 Å². The van der Waals surface area contributed by atoms with Gasteiger partial charge in [-0.2, -0.15) is 0 Å². The summed E-state index contributed by atoms with van der Waals surface area (Å²) in [6.45, 7) is 4.56. The van der Waals surface area contributed by atoms with Crippen LogP contribution in [0.3, 0.4) is 0 Å². The lowest BCUT2D eigenvalue weighted by Crippen LogP contribution is -2.40. The van der Waals surface area contributed by atoms with E-state index in [-0.39, 0.29) is 19.1 Å². The fraction of sp³-hybridized carbons (Fsp3) is 0.562. The third-order valence-corrected chi connectivity index (χ3v) is 3.55. The van der Waals surface area contributed by atoms with Crippen LogP contribution < -0.4 is 10.1 Å². The van der Waals surface area contributed by atoms with Crippen LogP contribution in [0.5, 0.6) is 5.75 Å². The normalized spacial score (nSPS) is 16.0. The molecule has 2 rings (SSSR count). The van der Waals surface area contributed by atoms with Gasteiger partial charge in [0.2, 0.25) is 5.91 Å². The van der Waals surface area contributed by atoms with Gasteiger partial charge in [0.25, 0.3) is 0 Å². The predicted octanol–water partition coefficient (Wildman–Crippen LogP) is 0.947. The number of benzene rings is 1. The number of carbonyl (C=O) groups is 1. The number of hydrogen-bond donors (Lipinski definition) is 2. The first-order chi connectivity index (χ1) is 10.1. The van der Waals surface area contributed by atoms with E-state index in [1.54, 1.807) is 0 Å². The van der Waals surface area contributed by atoms with E-state index in [4.69, 9.17) is 4.74 Å². The molecule has 1 aromatic rings. The number of aliphatic hydroxyl groups is 1. The molecule has 1 atom stereocenters. The molecule has 1 heterocycles. The van der Waals surface area contributed by atoms with Crippen molar-refractivity contribution >= 4 is 5.91 Å². The molecular formula is C16H24N2O3. The molecule has 5 nitrogen and oxygen atoms in total. The fourth-order valence-corrected chi connectivity index (χ4v) is 2.38. The van der Waals surface area contributed by atoms with Gasteiger partial charge in [-0.3, -0.25) is 4.79 Å². The van der Waals surface area contributed by atoms with Gasteiger partial charge in [-0.25, -0.2) is 0 Å². The van der Waals surface area contributed by atoms with Crippen LogP contribution in [0.4, 0.5) is 0 Å². The van der Waals surface area contributed by atoms with Gasteiger partial charge in [-0.15, -0.1) is 0 Å². The molecule has 2 N–H and O–H groups in total. The van der Waals surface area contributed by atoms with Crippen LogP contribution in [0.1, 0.15) is 18.4 Å². The average Bonchev–Trinajstić information content (AvgIpc) is 2.99. The molecule has 0 radical (unpaired) electrons. The number of aryl methyl sites for hydroxylation is 1. The number of likely N-dealkylation sites (tertiary alicyclic amines) is 1. The molecule has 1 aliphatic heterocycles. The smallest absolute Gasteiger partial charge is 0.236 e. The lowest BCUT2D eigenvalue weighted by molar-refractivity contribution is -0.129. The van der Waals surface area contributed by atoms with E-state index >= 15 is 0 Å². The molecule has 21 heavy (non-hydrogen) atoms. The summed E-state index contributed by atoms with van der Waals surface area (Å²) >= 11 is 0. The van der Waals surface area contributed by atoms with E-state index in [0.29, 0.717) is 6.54 Å². The minimum absolute atomic E-state index is 0.110. The summed E-state index contributed by atoms with van der Waals surface area (Å²) in [4.78, 5) is 13.7. The van der Waals surface area contributed by atoms with Crippen molar-refractivity contribution in [1.29, 1.82) is 0 Å². The van der Waals surface area contributed by atoms with E-state index in [1.807, 2.05) is 36.1 Å². The van der Waals surface area contributed by atoms with Crippen molar-refractivity contribution in [3.05, 3.63) is 29.8 Å². The first-order valence-electron chi connectivity index (χ1n) is 7.51. The highest BCUT2D eigenvalue weighted by molar-refractivity contribution is 5.78. The van der Waals surface area contributed by atoms with Crippen molar-refractivity contribution < 1.29 is 14.6 Å². The third kappa shape index (κ3) is 5.36. The Morgan fingerprint density at radius 3 is 2.90 bits per heavy atom. The van der Waals surface area contributed by atoms with E-state index in [0.717, 1.165) is 37.2 Å². The van der Waals surface area contributed by atoms with Crippen molar-refractivity contribution in [2.24, 2.45) is 0 Å². The zero-order valence-corrected chi connectivity index (χ0v) is 12.5. The first kappa shape index (κ1) is 15.8. The van der Waals surface area contributed by atoms with Crippen LogP contribution in [0.2, 0.25) is 0 Å². The molecule has 1 aromatic carbocycles. The van der Waals surface area contributed by atoms with Gasteiger partial charge in [0.05, 0.1) is 6.54 Å². The number of aliphatic hydroxyl groups excluding tert-OH is 1. The molecular weight excluding hydrogens is 268 g/mol. The topological polar surface area (TPSA) is 61.8 Å². The van der Waals surface area contributed by atoms with Crippen LogP contribution >= 0.6 is 0 Å². The summed E-state index contributed by atoms with van der Waals surface area (Å²) in [6.07, 6.45) is 1.56. The lowest BCUT2D eigenvalue weighted by Gasteiger charge is -2.17. The lowest BCUT2D eigenvalue weighted by atomic mass is 10.2. The Morgan fingerprint density at radius 1 is 1.43 bits per heavy atom. The van der Waals surface area contributed by atoms with Gasteiger partial charge in [-0.1, -0.05) is 12.1 Å². The second-order valence-electron chi connectivity index (χ2n) is 5.50. The minimum atomic E-state index is -0.628.